The van der Waals surface area contributed by atoms with Crippen molar-refractivity contribution in [3.63, 3.8) is 0 Å². The molecule has 6 heteroatoms. The molecule has 3 rings (SSSR count). The smallest absolute Gasteiger partial charge is 0.191 e. The molecule has 0 bridgehead atoms. The van der Waals surface area contributed by atoms with Crippen LogP contribution >= 0.6 is 24.0 Å². The van der Waals surface area contributed by atoms with Crippen molar-refractivity contribution in [1.82, 2.24) is 15.6 Å². The summed E-state index contributed by atoms with van der Waals surface area (Å²) in [5, 5.41) is 7.56. The van der Waals surface area contributed by atoms with Crippen LogP contribution in [0.2, 0.25) is 0 Å². The maximum atomic E-state index is 13.2. The van der Waals surface area contributed by atoms with Crippen LogP contribution in [0.1, 0.15) is 11.1 Å². The number of guanidine groups is 1. The van der Waals surface area contributed by atoms with E-state index < -0.39 is 0 Å². The number of fused-ring (bicyclic) bond motifs is 1. The number of hydrogen-bond acceptors (Lipinski definition) is 2. The Morgan fingerprint density at radius 1 is 1.04 bits per heavy atom. The zero-order chi connectivity index (χ0) is 16.8. The zero-order valence-corrected chi connectivity index (χ0v) is 16.2. The summed E-state index contributed by atoms with van der Waals surface area (Å²) in [6, 6.07) is 16.6. The number of rotatable bonds is 4. The summed E-state index contributed by atoms with van der Waals surface area (Å²) in [6.45, 7) is 1.11. The van der Waals surface area contributed by atoms with Gasteiger partial charge in [0.05, 0.1) is 5.52 Å². The molecule has 0 spiro atoms. The van der Waals surface area contributed by atoms with E-state index in [4.69, 9.17) is 0 Å². The van der Waals surface area contributed by atoms with Crippen LogP contribution in [0.4, 0.5) is 4.39 Å². The van der Waals surface area contributed by atoms with Gasteiger partial charge in [0.1, 0.15) is 5.82 Å². The third-order valence-corrected chi connectivity index (χ3v) is 3.74. The van der Waals surface area contributed by atoms with Gasteiger partial charge in [0.25, 0.3) is 0 Å². The number of aliphatic imine (C=N–C) groups is 1. The van der Waals surface area contributed by atoms with Gasteiger partial charge in [-0.3, -0.25) is 9.98 Å². The van der Waals surface area contributed by atoms with Crippen molar-refractivity contribution in [2.75, 3.05) is 7.05 Å². The molecule has 0 radical (unpaired) electrons. The largest absolute Gasteiger partial charge is 0.352 e. The molecule has 0 unspecified atom stereocenters. The molecule has 0 saturated heterocycles. The van der Waals surface area contributed by atoms with Crippen molar-refractivity contribution in [2.24, 2.45) is 4.99 Å². The lowest BCUT2D eigenvalue weighted by Crippen LogP contribution is -2.36. The highest BCUT2D eigenvalue weighted by molar-refractivity contribution is 14.0. The predicted molar refractivity (Wildman–Crippen MR) is 111 cm³/mol. The van der Waals surface area contributed by atoms with Crippen LogP contribution in [0.15, 0.2) is 65.8 Å². The number of pyridine rings is 1. The van der Waals surface area contributed by atoms with E-state index in [1.54, 1.807) is 19.3 Å². The first-order valence-electron chi connectivity index (χ1n) is 7.78. The Morgan fingerprint density at radius 2 is 1.80 bits per heavy atom. The maximum Gasteiger partial charge on any atom is 0.191 e. The summed E-state index contributed by atoms with van der Waals surface area (Å²) in [5.74, 6) is 0.422. The highest BCUT2D eigenvalue weighted by atomic mass is 127. The molecule has 0 aliphatic carbocycles. The van der Waals surface area contributed by atoms with Gasteiger partial charge in [0.2, 0.25) is 0 Å². The molecule has 1 aromatic heterocycles. The van der Waals surface area contributed by atoms with E-state index in [2.05, 4.69) is 20.6 Å². The second-order valence-corrected chi connectivity index (χ2v) is 5.40. The molecule has 130 valence electrons. The van der Waals surface area contributed by atoms with Gasteiger partial charge < -0.3 is 10.6 Å². The maximum absolute atomic E-state index is 13.2. The van der Waals surface area contributed by atoms with Gasteiger partial charge in [-0.15, -0.1) is 24.0 Å². The fourth-order valence-electron chi connectivity index (χ4n) is 2.54. The molecule has 0 atom stereocenters. The van der Waals surface area contributed by atoms with Crippen molar-refractivity contribution >= 4 is 40.8 Å². The first-order valence-corrected chi connectivity index (χ1v) is 7.78. The van der Waals surface area contributed by atoms with E-state index in [1.165, 1.54) is 12.1 Å². The topological polar surface area (TPSA) is 49.3 Å². The lowest BCUT2D eigenvalue weighted by Gasteiger charge is -2.13. The van der Waals surface area contributed by atoms with Crippen LogP contribution in [0.5, 0.6) is 0 Å². The SMILES string of the molecule is CN=C(NCc1cccc(F)c1)NCc1cccc2cccnc12.I. The minimum Gasteiger partial charge on any atom is -0.352 e. The Balaban J connectivity index is 0.00000225. The molecule has 2 aromatic carbocycles. The molecule has 0 fully saturated rings. The van der Waals surface area contributed by atoms with Crippen LogP contribution in [0.25, 0.3) is 10.9 Å². The Hall–Kier alpha value is -2.22. The average Bonchev–Trinajstić information content (AvgIpc) is 2.62. The summed E-state index contributed by atoms with van der Waals surface area (Å²) in [4.78, 5) is 8.65. The lowest BCUT2D eigenvalue weighted by molar-refractivity contribution is 0.624. The lowest BCUT2D eigenvalue weighted by atomic mass is 10.1. The third-order valence-electron chi connectivity index (χ3n) is 3.74. The minimum absolute atomic E-state index is 0. The molecule has 3 aromatic rings. The number of nitrogens with zero attached hydrogens (tertiary/aromatic N) is 2. The zero-order valence-electron chi connectivity index (χ0n) is 13.9. The molecule has 0 aliphatic heterocycles. The van der Waals surface area contributed by atoms with Gasteiger partial charge in [0, 0.05) is 31.7 Å². The standard InChI is InChI=1S/C19H19FN4.HI/c1-21-19(23-12-14-5-2-9-17(20)11-14)24-13-16-7-3-6-15-8-4-10-22-18(15)16;/h2-11H,12-13H2,1H3,(H2,21,23,24);1H. The number of aromatic nitrogens is 1. The number of para-hydroxylation sites is 1. The quantitative estimate of drug-likeness (QED) is 0.361. The molecule has 25 heavy (non-hydrogen) atoms. The van der Waals surface area contributed by atoms with Crippen molar-refractivity contribution in [2.45, 2.75) is 13.1 Å². The summed E-state index contributed by atoms with van der Waals surface area (Å²) < 4.78 is 13.2. The Morgan fingerprint density at radius 3 is 2.60 bits per heavy atom. The summed E-state index contributed by atoms with van der Waals surface area (Å²) in [6.07, 6.45) is 1.79. The average molecular weight is 450 g/mol. The summed E-state index contributed by atoms with van der Waals surface area (Å²) in [7, 11) is 1.71. The molecule has 0 aliphatic rings. The van der Waals surface area contributed by atoms with E-state index >= 15 is 0 Å². The van der Waals surface area contributed by atoms with Crippen LogP contribution in [0.3, 0.4) is 0 Å². The molecule has 0 saturated carbocycles. The third kappa shape index (κ3) is 5.12. The number of benzene rings is 2. The van der Waals surface area contributed by atoms with Gasteiger partial charge in [-0.1, -0.05) is 36.4 Å². The molecular formula is C19H20FIN4. The van der Waals surface area contributed by atoms with E-state index in [0.717, 1.165) is 22.0 Å². The van der Waals surface area contributed by atoms with Gasteiger partial charge in [-0.05, 0) is 29.3 Å². The minimum atomic E-state index is -0.237. The first-order chi connectivity index (χ1) is 11.8. The van der Waals surface area contributed by atoms with E-state index in [-0.39, 0.29) is 29.8 Å². The molecule has 0 amide bonds. The van der Waals surface area contributed by atoms with Crippen molar-refractivity contribution < 1.29 is 4.39 Å². The van der Waals surface area contributed by atoms with Gasteiger partial charge in [-0.2, -0.15) is 0 Å². The molecule has 2 N–H and O–H groups in total. The Labute approximate surface area is 163 Å². The van der Waals surface area contributed by atoms with Crippen LogP contribution in [-0.2, 0) is 13.1 Å². The normalized spacial score (nSPS) is 11.0. The van der Waals surface area contributed by atoms with Crippen molar-refractivity contribution in [3.8, 4) is 0 Å². The second kappa shape index (κ2) is 9.31. The van der Waals surface area contributed by atoms with E-state index in [0.29, 0.717) is 19.0 Å². The highest BCUT2D eigenvalue weighted by Gasteiger charge is 2.04. The van der Waals surface area contributed by atoms with Crippen LogP contribution in [-0.4, -0.2) is 18.0 Å². The number of hydrogen-bond donors (Lipinski definition) is 2. The number of nitrogens with one attached hydrogen (secondary N) is 2. The second-order valence-electron chi connectivity index (χ2n) is 5.40. The molecule has 1 heterocycles. The van der Waals surface area contributed by atoms with Gasteiger partial charge in [0.15, 0.2) is 5.96 Å². The van der Waals surface area contributed by atoms with Crippen LogP contribution in [0, 0.1) is 5.82 Å². The predicted octanol–water partition coefficient (Wildman–Crippen LogP) is 3.86. The van der Waals surface area contributed by atoms with Crippen molar-refractivity contribution in [1.29, 1.82) is 0 Å². The van der Waals surface area contributed by atoms with E-state index in [1.807, 2.05) is 36.4 Å². The Bertz CT molecular complexity index is 861. The van der Waals surface area contributed by atoms with Gasteiger partial charge in [-0.25, -0.2) is 4.39 Å². The summed E-state index contributed by atoms with van der Waals surface area (Å²) >= 11 is 0. The fraction of sp³-hybridized carbons (Fsp3) is 0.158. The van der Waals surface area contributed by atoms with Crippen molar-refractivity contribution in [3.05, 3.63) is 77.7 Å². The summed E-state index contributed by atoms with van der Waals surface area (Å²) in [5.41, 5.74) is 2.94. The fourth-order valence-corrected chi connectivity index (χ4v) is 2.54. The Kier molecular flexibility index (Phi) is 7.12. The molecular weight excluding hydrogens is 430 g/mol. The van der Waals surface area contributed by atoms with Crippen LogP contribution < -0.4 is 10.6 Å². The first kappa shape index (κ1) is 19.1. The van der Waals surface area contributed by atoms with Gasteiger partial charge >= 0.3 is 0 Å². The number of halogens is 2. The monoisotopic (exact) mass is 450 g/mol. The highest BCUT2D eigenvalue weighted by Crippen LogP contribution is 2.15. The molecule has 4 nitrogen and oxygen atoms in total. The van der Waals surface area contributed by atoms with E-state index in [9.17, 15) is 4.39 Å².